The van der Waals surface area contributed by atoms with Crippen LogP contribution in [0.25, 0.3) is 0 Å². The second-order valence-electron chi connectivity index (χ2n) is 4.98. The van der Waals surface area contributed by atoms with Gasteiger partial charge >= 0.3 is 5.82 Å². The molecule has 3 rings (SSSR count). The Labute approximate surface area is 125 Å². The number of ether oxygens (including phenoxy) is 1. The van der Waals surface area contributed by atoms with Crippen molar-refractivity contribution < 1.29 is 14.5 Å². The highest BCUT2D eigenvalue weighted by Crippen LogP contribution is 2.27. The average molecular weight is 302 g/mol. The summed E-state index contributed by atoms with van der Waals surface area (Å²) in [5.41, 5.74) is 1.13. The molecule has 0 saturated heterocycles. The van der Waals surface area contributed by atoms with Gasteiger partial charge in [-0.15, -0.1) is 0 Å². The summed E-state index contributed by atoms with van der Waals surface area (Å²) in [4.78, 5) is 21.7. The Hall–Kier alpha value is -2.90. The molecule has 0 fully saturated rings. The van der Waals surface area contributed by atoms with E-state index in [4.69, 9.17) is 4.74 Å². The molecular formula is C14H14N4O4. The summed E-state index contributed by atoms with van der Waals surface area (Å²) in [7, 11) is 0. The molecule has 1 unspecified atom stereocenters. The van der Waals surface area contributed by atoms with Crippen molar-refractivity contribution in [3.63, 3.8) is 0 Å². The summed E-state index contributed by atoms with van der Waals surface area (Å²) in [6, 6.07) is 9.02. The molecule has 0 radical (unpaired) electrons. The summed E-state index contributed by atoms with van der Waals surface area (Å²) in [5, 5.41) is 17.0. The van der Waals surface area contributed by atoms with Crippen molar-refractivity contribution in [1.82, 2.24) is 15.1 Å². The first-order valence-electron chi connectivity index (χ1n) is 6.81. The molecule has 1 aromatic heterocycles. The van der Waals surface area contributed by atoms with Crippen LogP contribution in [0.1, 0.15) is 5.56 Å². The zero-order valence-electron chi connectivity index (χ0n) is 11.6. The number of amides is 1. The van der Waals surface area contributed by atoms with Crippen LogP contribution in [-0.2, 0) is 17.8 Å². The van der Waals surface area contributed by atoms with Gasteiger partial charge in [-0.05, 0) is 16.6 Å². The largest absolute Gasteiger partial charge is 0.488 e. The van der Waals surface area contributed by atoms with Crippen LogP contribution in [0.4, 0.5) is 5.82 Å². The Balaban J connectivity index is 1.48. The van der Waals surface area contributed by atoms with E-state index in [1.54, 1.807) is 0 Å². The molecule has 1 aliphatic rings. The lowest BCUT2D eigenvalue weighted by atomic mass is 10.1. The van der Waals surface area contributed by atoms with E-state index < -0.39 is 4.92 Å². The number of hydrogen-bond acceptors (Lipinski definition) is 5. The molecule has 1 aliphatic heterocycles. The molecule has 8 nitrogen and oxygen atoms in total. The highest BCUT2D eigenvalue weighted by atomic mass is 16.6. The smallest absolute Gasteiger partial charge is 0.389 e. The quantitative estimate of drug-likeness (QED) is 0.653. The molecule has 22 heavy (non-hydrogen) atoms. The van der Waals surface area contributed by atoms with Gasteiger partial charge < -0.3 is 20.2 Å². The molecule has 8 heteroatoms. The predicted octanol–water partition coefficient (Wildman–Crippen LogP) is 0.911. The number of para-hydroxylation sites is 1. The fraction of sp³-hybridized carbons (Fsp3) is 0.286. The topological polar surface area (TPSA) is 99.3 Å². The van der Waals surface area contributed by atoms with E-state index in [1.165, 1.54) is 16.9 Å². The van der Waals surface area contributed by atoms with E-state index in [-0.39, 0.29) is 24.4 Å². The number of hydrogen-bond donors (Lipinski definition) is 1. The zero-order valence-corrected chi connectivity index (χ0v) is 11.6. The van der Waals surface area contributed by atoms with Gasteiger partial charge in [0.15, 0.2) is 0 Å². The minimum Gasteiger partial charge on any atom is -0.488 e. The summed E-state index contributed by atoms with van der Waals surface area (Å²) in [6.45, 7) is 0.324. The van der Waals surface area contributed by atoms with E-state index in [1.807, 2.05) is 24.3 Å². The molecule has 2 heterocycles. The number of aromatic nitrogens is 2. The number of nitrogens with one attached hydrogen (secondary N) is 1. The maximum absolute atomic E-state index is 11.8. The van der Waals surface area contributed by atoms with Gasteiger partial charge in [0.1, 0.15) is 18.4 Å². The third-order valence-corrected chi connectivity index (χ3v) is 3.36. The summed E-state index contributed by atoms with van der Waals surface area (Å²) < 4.78 is 6.95. The SMILES string of the molecule is O=C(Cn1ccc([N+](=O)[O-])n1)NCC1Cc2ccccc2O1. The number of benzene rings is 1. The Bertz CT molecular complexity index is 687. The molecule has 0 aliphatic carbocycles. The maximum Gasteiger partial charge on any atom is 0.389 e. The van der Waals surface area contributed by atoms with Gasteiger partial charge in [0.05, 0.1) is 23.9 Å². The van der Waals surface area contributed by atoms with Crippen molar-refractivity contribution >= 4 is 11.7 Å². The highest BCUT2D eigenvalue weighted by molar-refractivity contribution is 5.75. The van der Waals surface area contributed by atoms with Gasteiger partial charge in [0, 0.05) is 6.42 Å². The normalized spacial score (nSPS) is 15.9. The second-order valence-corrected chi connectivity index (χ2v) is 4.98. The van der Waals surface area contributed by atoms with E-state index in [0.29, 0.717) is 6.54 Å². The highest BCUT2D eigenvalue weighted by Gasteiger charge is 2.23. The number of nitrogens with zero attached hydrogens (tertiary/aromatic N) is 3. The first-order valence-corrected chi connectivity index (χ1v) is 6.81. The number of rotatable bonds is 5. The van der Waals surface area contributed by atoms with Gasteiger partial charge in [-0.3, -0.25) is 4.79 Å². The molecule has 1 aromatic carbocycles. The molecule has 0 spiro atoms. The van der Waals surface area contributed by atoms with Crippen molar-refractivity contribution in [3.8, 4) is 5.75 Å². The minimum atomic E-state index is -0.599. The fourth-order valence-electron chi connectivity index (χ4n) is 2.33. The van der Waals surface area contributed by atoms with Crippen molar-refractivity contribution in [2.45, 2.75) is 19.1 Å². The molecule has 114 valence electrons. The maximum atomic E-state index is 11.8. The lowest BCUT2D eigenvalue weighted by Crippen LogP contribution is -2.36. The van der Waals surface area contributed by atoms with Crippen LogP contribution in [0.2, 0.25) is 0 Å². The van der Waals surface area contributed by atoms with Crippen LogP contribution >= 0.6 is 0 Å². The second kappa shape index (κ2) is 5.84. The van der Waals surface area contributed by atoms with Gasteiger partial charge in [0.25, 0.3) is 0 Å². The molecule has 0 bridgehead atoms. The Morgan fingerprint density at radius 3 is 3.00 bits per heavy atom. The lowest BCUT2D eigenvalue weighted by Gasteiger charge is -2.11. The van der Waals surface area contributed by atoms with E-state index in [9.17, 15) is 14.9 Å². The standard InChI is InChI=1S/C14H14N4O4/c19-14(9-17-6-5-13(16-17)18(20)21)15-8-11-7-10-3-1-2-4-12(10)22-11/h1-6,11H,7-9H2,(H,15,19). The summed E-state index contributed by atoms with van der Waals surface area (Å²) in [6.07, 6.45) is 2.07. The monoisotopic (exact) mass is 302 g/mol. The van der Waals surface area contributed by atoms with Gasteiger partial charge in [-0.25, -0.2) is 0 Å². The van der Waals surface area contributed by atoms with E-state index in [0.717, 1.165) is 17.7 Å². The van der Waals surface area contributed by atoms with Crippen molar-refractivity contribution in [2.75, 3.05) is 6.54 Å². The molecule has 2 aromatic rings. The van der Waals surface area contributed by atoms with Gasteiger partial charge in [-0.2, -0.15) is 4.68 Å². The molecule has 1 atom stereocenters. The predicted molar refractivity (Wildman–Crippen MR) is 76.5 cm³/mol. The summed E-state index contributed by atoms with van der Waals surface area (Å²) >= 11 is 0. The van der Waals surface area contributed by atoms with Crippen LogP contribution < -0.4 is 10.1 Å². The van der Waals surface area contributed by atoms with E-state index in [2.05, 4.69) is 10.4 Å². The Morgan fingerprint density at radius 1 is 1.45 bits per heavy atom. The number of nitro groups is 1. The van der Waals surface area contributed by atoms with Crippen LogP contribution in [0.5, 0.6) is 5.75 Å². The molecule has 1 amide bonds. The Kier molecular flexibility index (Phi) is 3.73. The first kappa shape index (κ1) is 14.1. The third-order valence-electron chi connectivity index (χ3n) is 3.36. The van der Waals surface area contributed by atoms with Gasteiger partial charge in [-0.1, -0.05) is 18.2 Å². The molecule has 0 saturated carbocycles. The lowest BCUT2D eigenvalue weighted by molar-refractivity contribution is -0.389. The number of carbonyl (C=O) groups is 1. The number of fused-ring (bicyclic) bond motifs is 1. The molecular weight excluding hydrogens is 288 g/mol. The first-order chi connectivity index (χ1) is 10.6. The van der Waals surface area contributed by atoms with Crippen LogP contribution in [-0.4, -0.2) is 33.3 Å². The van der Waals surface area contributed by atoms with Crippen LogP contribution in [0.3, 0.4) is 0 Å². The van der Waals surface area contributed by atoms with Crippen LogP contribution in [0, 0.1) is 10.1 Å². The summed E-state index contributed by atoms with van der Waals surface area (Å²) in [5.74, 6) is 0.310. The molecule has 1 N–H and O–H groups in total. The third kappa shape index (κ3) is 3.05. The van der Waals surface area contributed by atoms with Crippen LogP contribution in [0.15, 0.2) is 36.5 Å². The van der Waals surface area contributed by atoms with Gasteiger partial charge in [0.2, 0.25) is 5.91 Å². The Morgan fingerprint density at radius 2 is 2.27 bits per heavy atom. The van der Waals surface area contributed by atoms with Crippen molar-refractivity contribution in [3.05, 3.63) is 52.2 Å². The zero-order chi connectivity index (χ0) is 15.5. The van der Waals surface area contributed by atoms with Crippen molar-refractivity contribution in [1.29, 1.82) is 0 Å². The average Bonchev–Trinajstić information content (AvgIpc) is 3.11. The fourth-order valence-corrected chi connectivity index (χ4v) is 2.33. The van der Waals surface area contributed by atoms with E-state index >= 15 is 0 Å². The van der Waals surface area contributed by atoms with Crippen molar-refractivity contribution in [2.24, 2.45) is 0 Å². The minimum absolute atomic E-state index is 0.0620. The number of carbonyl (C=O) groups excluding carboxylic acids is 1.